The van der Waals surface area contributed by atoms with Crippen LogP contribution in [0, 0.1) is 11.8 Å². The lowest BCUT2D eigenvalue weighted by molar-refractivity contribution is -0.277. The van der Waals surface area contributed by atoms with Gasteiger partial charge in [-0.15, -0.1) is 0 Å². The minimum Gasteiger partial charge on any atom is -0.493 e. The first-order valence-electron chi connectivity index (χ1n) is 12.5. The Bertz CT molecular complexity index is 1110. The number of hydrogen-bond donors (Lipinski definition) is 4. The van der Waals surface area contributed by atoms with E-state index in [4.69, 9.17) is 33.2 Å². The van der Waals surface area contributed by atoms with Gasteiger partial charge < -0.3 is 53.6 Å². The topological polar surface area (TPSA) is 146 Å². The van der Waals surface area contributed by atoms with Crippen LogP contribution in [0.25, 0.3) is 0 Å². The molecule has 0 spiro atoms. The molecule has 0 radical (unpaired) electrons. The van der Waals surface area contributed by atoms with Gasteiger partial charge in [-0.1, -0.05) is 12.1 Å². The summed E-state index contributed by atoms with van der Waals surface area (Å²) in [6.45, 7) is 0.508. The average molecular weight is 535 g/mol. The van der Waals surface area contributed by atoms with Crippen LogP contribution in [0.5, 0.6) is 23.0 Å². The van der Waals surface area contributed by atoms with Crippen LogP contribution in [0.15, 0.2) is 36.4 Å². The summed E-state index contributed by atoms with van der Waals surface area (Å²) in [6, 6.07) is 11.1. The van der Waals surface area contributed by atoms with Gasteiger partial charge in [0.05, 0.1) is 53.4 Å². The van der Waals surface area contributed by atoms with Gasteiger partial charge in [-0.25, -0.2) is 0 Å². The van der Waals surface area contributed by atoms with Crippen molar-refractivity contribution >= 4 is 0 Å². The summed E-state index contributed by atoms with van der Waals surface area (Å²) in [4.78, 5) is 0. The molecule has 11 heteroatoms. The van der Waals surface area contributed by atoms with E-state index in [0.29, 0.717) is 30.5 Å². The first-order chi connectivity index (χ1) is 18.4. The van der Waals surface area contributed by atoms with E-state index in [9.17, 15) is 20.4 Å². The van der Waals surface area contributed by atoms with Crippen LogP contribution < -0.4 is 18.9 Å². The third-order valence-corrected chi connectivity index (χ3v) is 7.61. The first kappa shape index (κ1) is 26.9. The van der Waals surface area contributed by atoms with E-state index in [1.807, 2.05) is 24.3 Å². The molecule has 3 saturated heterocycles. The number of aliphatic hydroxyl groups excluding tert-OH is 4. The molecule has 3 aliphatic heterocycles. The standard InChI is InChI=1S/C27H34O11/c1-32-17-6-4-13(8-19(17)33-2)25-15-11-36-26(16(15)12-35-25)14-5-7-18(20(9-14)34-3)37-27-24(31)23(30)22(29)21(10-28)38-27/h4-9,15-16,21-31H,10-12H2,1-3H3/t15-,16+,21+,22-,23-,24-,25-,26-,27-/m1/s1. The van der Waals surface area contributed by atoms with E-state index in [1.165, 1.54) is 7.11 Å². The predicted octanol–water partition coefficient (Wildman–Crippen LogP) is 0.966. The molecule has 3 aliphatic rings. The average Bonchev–Trinajstić information content (AvgIpc) is 3.55. The highest BCUT2D eigenvalue weighted by atomic mass is 16.7. The highest BCUT2D eigenvalue weighted by Gasteiger charge is 2.49. The second-order valence-corrected chi connectivity index (χ2v) is 9.68. The van der Waals surface area contributed by atoms with Crippen LogP contribution in [0.3, 0.4) is 0 Å². The Balaban J connectivity index is 1.31. The number of fused-ring (bicyclic) bond motifs is 1. The SMILES string of the molecule is COc1ccc([C@H]2OC[C@H]3[C@H]2CO[C@@H]3c2ccc(O[C@@H]3O[C@@H](CO)[C@@H](O)[C@@H](O)[C@H]3O)c(OC)c2)cc1OC. The van der Waals surface area contributed by atoms with Gasteiger partial charge in [0, 0.05) is 11.8 Å². The molecule has 208 valence electrons. The van der Waals surface area contributed by atoms with Crippen molar-refractivity contribution in [2.75, 3.05) is 41.2 Å². The zero-order valence-electron chi connectivity index (χ0n) is 21.4. The van der Waals surface area contributed by atoms with E-state index in [-0.39, 0.29) is 29.8 Å². The molecule has 9 atom stereocenters. The maximum Gasteiger partial charge on any atom is 0.229 e. The van der Waals surface area contributed by atoms with Gasteiger partial charge in [0.2, 0.25) is 6.29 Å². The van der Waals surface area contributed by atoms with Crippen molar-refractivity contribution in [1.29, 1.82) is 0 Å². The van der Waals surface area contributed by atoms with Crippen molar-refractivity contribution in [3.63, 3.8) is 0 Å². The van der Waals surface area contributed by atoms with Crippen molar-refractivity contribution in [1.82, 2.24) is 0 Å². The highest BCUT2D eigenvalue weighted by Crippen LogP contribution is 2.51. The minimum atomic E-state index is -1.54. The summed E-state index contributed by atoms with van der Waals surface area (Å²) in [5.74, 6) is 2.21. The zero-order valence-corrected chi connectivity index (χ0v) is 21.4. The van der Waals surface area contributed by atoms with Crippen molar-refractivity contribution in [2.24, 2.45) is 11.8 Å². The summed E-state index contributed by atoms with van der Waals surface area (Å²) in [5.41, 5.74) is 1.88. The fourth-order valence-corrected chi connectivity index (χ4v) is 5.51. The summed E-state index contributed by atoms with van der Waals surface area (Å²) < 4.78 is 40.1. The molecule has 0 aromatic heterocycles. The fourth-order valence-electron chi connectivity index (χ4n) is 5.51. The predicted molar refractivity (Wildman–Crippen MR) is 131 cm³/mol. The van der Waals surface area contributed by atoms with Crippen LogP contribution in [-0.2, 0) is 14.2 Å². The maximum absolute atomic E-state index is 10.3. The van der Waals surface area contributed by atoms with Crippen molar-refractivity contribution in [3.05, 3.63) is 47.5 Å². The Morgan fingerprint density at radius 1 is 0.711 bits per heavy atom. The van der Waals surface area contributed by atoms with Gasteiger partial charge >= 0.3 is 0 Å². The maximum atomic E-state index is 10.3. The Hall–Kier alpha value is -2.64. The molecule has 4 N–H and O–H groups in total. The lowest BCUT2D eigenvalue weighted by atomic mass is 9.85. The largest absolute Gasteiger partial charge is 0.493 e. The van der Waals surface area contributed by atoms with Crippen LogP contribution in [0.2, 0.25) is 0 Å². The quantitative estimate of drug-likeness (QED) is 0.384. The zero-order chi connectivity index (χ0) is 27.0. The third kappa shape index (κ3) is 4.79. The molecule has 0 saturated carbocycles. The van der Waals surface area contributed by atoms with Gasteiger partial charge in [-0.3, -0.25) is 0 Å². The van der Waals surface area contributed by atoms with E-state index < -0.39 is 37.3 Å². The van der Waals surface area contributed by atoms with Crippen LogP contribution in [-0.4, -0.2) is 92.3 Å². The van der Waals surface area contributed by atoms with Gasteiger partial charge in [-0.2, -0.15) is 0 Å². The molecular weight excluding hydrogens is 500 g/mol. The molecule has 38 heavy (non-hydrogen) atoms. The van der Waals surface area contributed by atoms with Gasteiger partial charge in [0.15, 0.2) is 23.0 Å². The Morgan fingerprint density at radius 2 is 1.24 bits per heavy atom. The lowest BCUT2D eigenvalue weighted by Crippen LogP contribution is -2.60. The third-order valence-electron chi connectivity index (χ3n) is 7.61. The molecule has 0 bridgehead atoms. The van der Waals surface area contributed by atoms with Crippen molar-refractivity contribution in [2.45, 2.75) is 42.9 Å². The molecule has 0 aliphatic carbocycles. The summed E-state index contributed by atoms with van der Waals surface area (Å²) in [5, 5.41) is 39.8. The summed E-state index contributed by atoms with van der Waals surface area (Å²) in [7, 11) is 4.69. The Morgan fingerprint density at radius 3 is 1.76 bits per heavy atom. The summed E-state index contributed by atoms with van der Waals surface area (Å²) >= 11 is 0. The molecule has 0 unspecified atom stereocenters. The van der Waals surface area contributed by atoms with E-state index in [0.717, 1.165) is 11.1 Å². The minimum absolute atomic E-state index is 0.120. The smallest absolute Gasteiger partial charge is 0.229 e. The number of benzene rings is 2. The molecule has 2 aromatic carbocycles. The van der Waals surface area contributed by atoms with Crippen LogP contribution in [0.1, 0.15) is 23.3 Å². The Labute approximate surface area is 220 Å². The molecule has 3 fully saturated rings. The second-order valence-electron chi connectivity index (χ2n) is 9.68. The molecular formula is C27H34O11. The molecule has 0 amide bonds. The van der Waals surface area contributed by atoms with Crippen molar-refractivity contribution in [3.8, 4) is 23.0 Å². The number of ether oxygens (including phenoxy) is 7. The fraction of sp³-hybridized carbons (Fsp3) is 0.556. The van der Waals surface area contributed by atoms with Gasteiger partial charge in [0.25, 0.3) is 0 Å². The molecule has 5 rings (SSSR count). The van der Waals surface area contributed by atoms with E-state index in [2.05, 4.69) is 0 Å². The second kappa shape index (κ2) is 11.2. The first-order valence-corrected chi connectivity index (χ1v) is 12.5. The highest BCUT2D eigenvalue weighted by molar-refractivity contribution is 5.45. The Kier molecular flexibility index (Phi) is 7.96. The number of methoxy groups -OCH3 is 3. The molecule has 3 heterocycles. The van der Waals surface area contributed by atoms with Crippen LogP contribution >= 0.6 is 0 Å². The normalized spacial score (nSPS) is 34.6. The molecule has 11 nitrogen and oxygen atoms in total. The van der Waals surface area contributed by atoms with Gasteiger partial charge in [-0.05, 0) is 35.4 Å². The van der Waals surface area contributed by atoms with E-state index in [1.54, 1.807) is 26.4 Å². The van der Waals surface area contributed by atoms with Gasteiger partial charge in [0.1, 0.15) is 24.4 Å². The number of rotatable bonds is 8. The monoisotopic (exact) mass is 534 g/mol. The van der Waals surface area contributed by atoms with Crippen molar-refractivity contribution < 1.29 is 53.6 Å². The van der Waals surface area contributed by atoms with E-state index >= 15 is 0 Å². The molecule has 2 aromatic rings. The summed E-state index contributed by atoms with van der Waals surface area (Å²) in [6.07, 6.45) is -7.29. The van der Waals surface area contributed by atoms with Crippen LogP contribution in [0.4, 0.5) is 0 Å². The lowest BCUT2D eigenvalue weighted by Gasteiger charge is -2.39. The number of aliphatic hydroxyl groups is 4. The number of hydrogen-bond acceptors (Lipinski definition) is 11.